The van der Waals surface area contributed by atoms with Gasteiger partial charge in [0, 0.05) is 25.2 Å². The Bertz CT molecular complexity index is 1240. The van der Waals surface area contributed by atoms with Gasteiger partial charge in [0.1, 0.15) is 0 Å². The maximum atomic E-state index is 12.1. The van der Waals surface area contributed by atoms with Crippen LogP contribution in [0.3, 0.4) is 0 Å². The first-order valence-corrected chi connectivity index (χ1v) is 14.0. The van der Waals surface area contributed by atoms with E-state index < -0.39 is 28.1 Å². The van der Waals surface area contributed by atoms with E-state index in [0.717, 1.165) is 45.2 Å². The van der Waals surface area contributed by atoms with Crippen molar-refractivity contribution in [3.05, 3.63) is 42.2 Å². The highest BCUT2D eigenvalue weighted by Crippen LogP contribution is 2.31. The average Bonchev–Trinajstić information content (AvgIpc) is 3.30. The van der Waals surface area contributed by atoms with E-state index in [9.17, 15) is 27.9 Å². The predicted molar refractivity (Wildman–Crippen MR) is 141 cm³/mol. The molecule has 1 aromatic carbocycles. The zero-order valence-corrected chi connectivity index (χ0v) is 22.5. The van der Waals surface area contributed by atoms with E-state index in [4.69, 9.17) is 14.7 Å². The molecule has 0 atom stereocenters. The Morgan fingerprint density at radius 3 is 2.26 bits per heavy atom. The summed E-state index contributed by atoms with van der Waals surface area (Å²) in [6.07, 6.45) is 3.76. The summed E-state index contributed by atoms with van der Waals surface area (Å²) in [4.78, 5) is 39.1. The van der Waals surface area contributed by atoms with E-state index in [1.54, 1.807) is 25.1 Å². The molecule has 1 amide bonds. The number of aliphatic carboxylic acids is 2. The first kappa shape index (κ1) is 31.4. The van der Waals surface area contributed by atoms with E-state index in [2.05, 4.69) is 19.8 Å². The molecule has 1 aliphatic rings. The molecular weight excluding hydrogens is 534 g/mol. The molecule has 0 spiro atoms. The van der Waals surface area contributed by atoms with Crippen molar-refractivity contribution in [3.63, 3.8) is 0 Å². The second-order valence-electron chi connectivity index (χ2n) is 8.87. The van der Waals surface area contributed by atoms with Gasteiger partial charge in [-0.3, -0.25) is 4.90 Å². The number of anilines is 1. The molecule has 214 valence electrons. The number of hydrogen-bond donors (Lipinski definition) is 4. The van der Waals surface area contributed by atoms with Gasteiger partial charge in [-0.05, 0) is 63.9 Å². The lowest BCUT2D eigenvalue weighted by Gasteiger charge is -2.34. The van der Waals surface area contributed by atoms with Crippen LogP contribution in [-0.4, -0.2) is 95.8 Å². The Morgan fingerprint density at radius 1 is 1.13 bits per heavy atom. The Kier molecular flexibility index (Phi) is 12.0. The molecule has 39 heavy (non-hydrogen) atoms. The van der Waals surface area contributed by atoms with Gasteiger partial charge in [0.2, 0.25) is 10.0 Å². The fourth-order valence-corrected chi connectivity index (χ4v) is 4.44. The molecule has 0 bridgehead atoms. The number of nitrogens with zero attached hydrogens (tertiary/aromatic N) is 4. The zero-order chi connectivity index (χ0) is 29.0. The Labute approximate surface area is 226 Å². The molecule has 1 aromatic heterocycles. The van der Waals surface area contributed by atoms with Crippen LogP contribution in [0.25, 0.3) is 11.5 Å². The Balaban J connectivity index is 0.000000580. The molecule has 0 saturated carbocycles. The van der Waals surface area contributed by atoms with Crippen molar-refractivity contribution in [3.8, 4) is 11.5 Å². The third-order valence-electron chi connectivity index (χ3n) is 5.72. The highest BCUT2D eigenvalue weighted by molar-refractivity contribution is 7.88. The van der Waals surface area contributed by atoms with Crippen LogP contribution in [0.15, 0.2) is 40.9 Å². The van der Waals surface area contributed by atoms with E-state index in [1.165, 1.54) is 4.90 Å². The molecule has 0 radical (unpaired) electrons. The molecule has 3 rings (SSSR count). The molecule has 4 N–H and O–H groups in total. The minimum absolute atomic E-state index is 0.235. The van der Waals surface area contributed by atoms with Crippen molar-refractivity contribution >= 4 is 33.7 Å². The molecule has 1 fully saturated rings. The minimum Gasteiger partial charge on any atom is -0.478 e. The lowest BCUT2D eigenvalue weighted by atomic mass is 9.95. The number of aromatic nitrogens is 2. The first-order chi connectivity index (χ1) is 18.4. The molecule has 0 unspecified atom stereocenters. The van der Waals surface area contributed by atoms with Crippen LogP contribution in [-0.2, 0) is 19.6 Å². The lowest BCUT2D eigenvalue weighted by Crippen LogP contribution is -2.41. The maximum Gasteiger partial charge on any atom is 0.411 e. The van der Waals surface area contributed by atoms with Crippen LogP contribution in [0.5, 0.6) is 0 Å². The van der Waals surface area contributed by atoms with Gasteiger partial charge < -0.3 is 24.7 Å². The van der Waals surface area contributed by atoms with Crippen LogP contribution < -0.4 is 9.62 Å². The quantitative estimate of drug-likeness (QED) is 0.227. The first-order valence-electron chi connectivity index (χ1n) is 12.1. The second-order valence-corrected chi connectivity index (χ2v) is 10.7. The lowest BCUT2D eigenvalue weighted by molar-refractivity contribution is -0.134. The van der Waals surface area contributed by atoms with Gasteiger partial charge in [0.25, 0.3) is 5.89 Å². The van der Waals surface area contributed by atoms with Crippen molar-refractivity contribution in [1.82, 2.24) is 19.8 Å². The second kappa shape index (κ2) is 14.9. The normalized spacial score (nSPS) is 14.5. The SMILES string of the molecule is Cc1noc(-c2ccccc2N(CC2CCN(CCCNS(C)(=O)=O)CC2)C(=O)O)n1.O=C(O)C=CC(=O)O. The summed E-state index contributed by atoms with van der Waals surface area (Å²) < 4.78 is 30.0. The van der Waals surface area contributed by atoms with Crippen molar-refractivity contribution in [2.24, 2.45) is 5.92 Å². The number of hydrogen-bond acceptors (Lipinski definition) is 9. The van der Waals surface area contributed by atoms with Gasteiger partial charge in [-0.15, -0.1) is 0 Å². The highest BCUT2D eigenvalue weighted by atomic mass is 32.2. The van der Waals surface area contributed by atoms with Gasteiger partial charge in [0.05, 0.1) is 17.5 Å². The average molecular weight is 568 g/mol. The van der Waals surface area contributed by atoms with Gasteiger partial charge in [-0.2, -0.15) is 4.98 Å². The number of rotatable bonds is 11. The molecule has 2 aromatic rings. The van der Waals surface area contributed by atoms with Crippen LogP contribution in [0.4, 0.5) is 10.5 Å². The van der Waals surface area contributed by atoms with Gasteiger partial charge in [0.15, 0.2) is 5.82 Å². The predicted octanol–water partition coefficient (Wildman–Crippen LogP) is 1.89. The summed E-state index contributed by atoms with van der Waals surface area (Å²) in [5, 5.41) is 29.3. The van der Waals surface area contributed by atoms with Crippen molar-refractivity contribution in [1.29, 1.82) is 0 Å². The van der Waals surface area contributed by atoms with Crippen LogP contribution in [0, 0.1) is 12.8 Å². The summed E-state index contributed by atoms with van der Waals surface area (Å²) in [7, 11) is -3.15. The van der Waals surface area contributed by atoms with E-state index in [-0.39, 0.29) is 5.92 Å². The number of likely N-dealkylation sites (tertiary alicyclic amines) is 1. The molecule has 1 aliphatic heterocycles. The van der Waals surface area contributed by atoms with Gasteiger partial charge in [-0.1, -0.05) is 17.3 Å². The van der Waals surface area contributed by atoms with Crippen molar-refractivity contribution in [2.45, 2.75) is 26.2 Å². The van der Waals surface area contributed by atoms with Gasteiger partial charge >= 0.3 is 18.0 Å². The van der Waals surface area contributed by atoms with Crippen LogP contribution in [0.2, 0.25) is 0 Å². The van der Waals surface area contributed by atoms with Gasteiger partial charge in [-0.25, -0.2) is 27.5 Å². The molecular formula is C24H33N5O9S. The minimum atomic E-state index is -3.15. The highest BCUT2D eigenvalue weighted by Gasteiger charge is 2.27. The fraction of sp³-hybridized carbons (Fsp3) is 0.458. The largest absolute Gasteiger partial charge is 0.478 e. The maximum absolute atomic E-state index is 12.1. The number of sulfonamides is 1. The van der Waals surface area contributed by atoms with E-state index in [0.29, 0.717) is 48.2 Å². The number of amides is 1. The molecule has 1 saturated heterocycles. The number of benzene rings is 1. The summed E-state index contributed by atoms with van der Waals surface area (Å²) in [5.41, 5.74) is 1.13. The Morgan fingerprint density at radius 2 is 1.74 bits per heavy atom. The van der Waals surface area contributed by atoms with Crippen molar-refractivity contribution < 1.29 is 42.6 Å². The van der Waals surface area contributed by atoms with Crippen LogP contribution >= 0.6 is 0 Å². The third-order valence-corrected chi connectivity index (χ3v) is 6.44. The fourth-order valence-electron chi connectivity index (χ4n) is 3.93. The zero-order valence-electron chi connectivity index (χ0n) is 21.7. The number of carboxylic acids is 2. The number of nitrogens with one attached hydrogen (secondary N) is 1. The number of carbonyl (C=O) groups is 3. The monoisotopic (exact) mass is 567 g/mol. The third kappa shape index (κ3) is 11.6. The summed E-state index contributed by atoms with van der Waals surface area (Å²) in [6, 6.07) is 7.15. The molecule has 2 heterocycles. The smallest absolute Gasteiger partial charge is 0.411 e. The summed E-state index contributed by atoms with van der Waals surface area (Å²) >= 11 is 0. The van der Waals surface area contributed by atoms with E-state index in [1.807, 2.05) is 6.07 Å². The van der Waals surface area contributed by atoms with Crippen LogP contribution in [0.1, 0.15) is 25.1 Å². The number of piperidine rings is 1. The Hall–Kier alpha value is -3.82. The molecule has 0 aliphatic carbocycles. The molecule has 14 nitrogen and oxygen atoms in total. The topological polar surface area (TPSA) is 203 Å². The molecule has 15 heteroatoms. The summed E-state index contributed by atoms with van der Waals surface area (Å²) in [5.74, 6) is -1.48. The van der Waals surface area contributed by atoms with E-state index >= 15 is 0 Å². The summed E-state index contributed by atoms with van der Waals surface area (Å²) in [6.45, 7) is 5.08. The number of carboxylic acid groups (broad SMARTS) is 3. The number of para-hydroxylation sites is 1. The number of aryl methyl sites for hydroxylation is 1. The standard InChI is InChI=1S/C20H29N5O5S.C4H4O4/c1-15-22-19(30-23-15)17-6-3-4-7-18(17)25(20(26)27)14-16-8-12-24(13-9-16)11-5-10-21-31(2,28)29;5-3(6)1-2-4(7)8/h3-4,6-7,16,21H,5,8-14H2,1-2H3,(H,26,27);1-2H,(H,5,6)(H,7,8). The van der Waals surface area contributed by atoms with Crippen molar-refractivity contribution in [2.75, 3.05) is 43.9 Å².